The molecule has 0 bridgehead atoms. The first-order chi connectivity index (χ1) is 11.8. The lowest BCUT2D eigenvalue weighted by Crippen LogP contribution is -2.23. The molecular formula is C17H12ClN2O4S-. The highest BCUT2D eigenvalue weighted by Gasteiger charge is 2.18. The lowest BCUT2D eigenvalue weighted by atomic mass is 9.99. The molecule has 25 heavy (non-hydrogen) atoms. The molecule has 0 aliphatic carbocycles. The number of H-pyrrole nitrogens is 1. The molecule has 0 unspecified atom stereocenters. The number of carbonyl (C=O) groups excluding carboxylic acids is 1. The predicted molar refractivity (Wildman–Crippen MR) is 91.9 cm³/mol. The molecule has 0 radical (unpaired) electrons. The molecule has 0 saturated carbocycles. The van der Waals surface area contributed by atoms with Gasteiger partial charge in [0.05, 0.1) is 16.6 Å². The third-order valence-electron chi connectivity index (χ3n) is 3.66. The van der Waals surface area contributed by atoms with Gasteiger partial charge in [-0.15, -0.1) is 0 Å². The number of rotatable bonds is 4. The number of aromatic nitrogens is 2. The first-order valence-electron chi connectivity index (χ1n) is 7.13. The molecule has 3 aromatic rings. The highest BCUT2D eigenvalue weighted by molar-refractivity contribution is 7.90. The highest BCUT2D eigenvalue weighted by Crippen LogP contribution is 2.34. The van der Waals surface area contributed by atoms with Crippen molar-refractivity contribution >= 4 is 27.4 Å². The van der Waals surface area contributed by atoms with E-state index in [1.165, 1.54) is 12.1 Å². The van der Waals surface area contributed by atoms with Gasteiger partial charge >= 0.3 is 0 Å². The van der Waals surface area contributed by atoms with Crippen LogP contribution in [-0.4, -0.2) is 30.8 Å². The average Bonchev–Trinajstić information content (AvgIpc) is 3.00. The topological polar surface area (TPSA) is 103 Å². The van der Waals surface area contributed by atoms with Crippen LogP contribution in [0.2, 0.25) is 5.02 Å². The average molecular weight is 376 g/mol. The van der Waals surface area contributed by atoms with Gasteiger partial charge in [0.2, 0.25) is 0 Å². The van der Waals surface area contributed by atoms with Crippen LogP contribution in [-0.2, 0) is 9.84 Å². The molecule has 8 heteroatoms. The maximum atomic E-state index is 11.6. The van der Waals surface area contributed by atoms with Crippen LogP contribution in [0.4, 0.5) is 0 Å². The van der Waals surface area contributed by atoms with Crippen LogP contribution in [0.25, 0.3) is 22.4 Å². The molecule has 0 atom stereocenters. The highest BCUT2D eigenvalue weighted by atomic mass is 35.5. The van der Waals surface area contributed by atoms with Crippen molar-refractivity contribution in [1.29, 1.82) is 0 Å². The number of carboxylic acid groups (broad SMARTS) is 1. The predicted octanol–water partition coefficient (Wildman–Crippen LogP) is 2.16. The Morgan fingerprint density at radius 2 is 1.60 bits per heavy atom. The Kier molecular flexibility index (Phi) is 4.36. The molecule has 0 saturated heterocycles. The number of hydrogen-bond acceptors (Lipinski definition) is 5. The summed E-state index contributed by atoms with van der Waals surface area (Å²) in [6, 6.07) is 12.7. The van der Waals surface area contributed by atoms with E-state index in [0.29, 0.717) is 27.4 Å². The van der Waals surface area contributed by atoms with E-state index in [1.54, 1.807) is 36.4 Å². The maximum Gasteiger partial charge on any atom is 0.175 e. The van der Waals surface area contributed by atoms with Crippen molar-refractivity contribution in [3.05, 3.63) is 59.2 Å². The zero-order valence-electron chi connectivity index (χ0n) is 13.0. The zero-order valence-corrected chi connectivity index (χ0v) is 14.6. The fourth-order valence-electron chi connectivity index (χ4n) is 2.46. The number of carboxylic acids is 1. The SMILES string of the molecule is CS(=O)(=O)c1ccc(-c2n[nH]c(C(=O)[O-])c2-c2ccc(Cl)cc2)cc1. The van der Waals surface area contributed by atoms with E-state index in [4.69, 9.17) is 11.6 Å². The quantitative estimate of drug-likeness (QED) is 0.752. The number of aromatic amines is 1. The van der Waals surface area contributed by atoms with Gasteiger partial charge in [0.15, 0.2) is 9.84 Å². The van der Waals surface area contributed by atoms with Gasteiger partial charge < -0.3 is 9.90 Å². The smallest absolute Gasteiger partial charge is 0.175 e. The van der Waals surface area contributed by atoms with Gasteiger partial charge in [0.1, 0.15) is 5.69 Å². The largest absolute Gasteiger partial charge is 0.543 e. The number of carbonyl (C=O) groups is 1. The second-order valence-corrected chi connectivity index (χ2v) is 7.87. The van der Waals surface area contributed by atoms with Crippen LogP contribution in [0.1, 0.15) is 10.5 Å². The third-order valence-corrected chi connectivity index (χ3v) is 5.04. The van der Waals surface area contributed by atoms with Crippen molar-refractivity contribution in [2.45, 2.75) is 4.90 Å². The van der Waals surface area contributed by atoms with Crippen LogP contribution in [0.5, 0.6) is 0 Å². The summed E-state index contributed by atoms with van der Waals surface area (Å²) in [6.45, 7) is 0. The maximum absolute atomic E-state index is 11.6. The summed E-state index contributed by atoms with van der Waals surface area (Å²) in [5, 5.41) is 18.5. The Morgan fingerprint density at radius 3 is 2.12 bits per heavy atom. The van der Waals surface area contributed by atoms with E-state index in [-0.39, 0.29) is 10.6 Å². The van der Waals surface area contributed by atoms with Crippen molar-refractivity contribution in [3.8, 4) is 22.4 Å². The molecule has 6 nitrogen and oxygen atoms in total. The summed E-state index contributed by atoms with van der Waals surface area (Å²) in [6.07, 6.45) is 1.11. The summed E-state index contributed by atoms with van der Waals surface area (Å²) in [5.41, 5.74) is 1.73. The number of benzene rings is 2. The third kappa shape index (κ3) is 3.42. The van der Waals surface area contributed by atoms with Gasteiger partial charge in [0, 0.05) is 22.4 Å². The molecule has 0 aliphatic heterocycles. The molecular weight excluding hydrogens is 364 g/mol. The lowest BCUT2D eigenvalue weighted by molar-refractivity contribution is -0.255. The number of nitrogens with zero attached hydrogens (tertiary/aromatic N) is 1. The molecule has 0 fully saturated rings. The van der Waals surface area contributed by atoms with Gasteiger partial charge in [-0.2, -0.15) is 5.10 Å². The van der Waals surface area contributed by atoms with Crippen molar-refractivity contribution in [1.82, 2.24) is 10.2 Å². The minimum absolute atomic E-state index is 0.162. The number of hydrogen-bond donors (Lipinski definition) is 1. The van der Waals surface area contributed by atoms with Gasteiger partial charge in [-0.1, -0.05) is 35.9 Å². The number of aromatic carboxylic acids is 1. The van der Waals surface area contributed by atoms with Crippen LogP contribution in [0, 0.1) is 0 Å². The fraction of sp³-hybridized carbons (Fsp3) is 0.0588. The second-order valence-electron chi connectivity index (χ2n) is 5.41. The van der Waals surface area contributed by atoms with E-state index in [2.05, 4.69) is 10.2 Å². The Hall–Kier alpha value is -2.64. The van der Waals surface area contributed by atoms with Crippen molar-refractivity contribution in [2.24, 2.45) is 0 Å². The first kappa shape index (κ1) is 17.2. The Bertz CT molecular complexity index is 1040. The van der Waals surface area contributed by atoms with E-state index in [9.17, 15) is 18.3 Å². The van der Waals surface area contributed by atoms with Crippen molar-refractivity contribution in [3.63, 3.8) is 0 Å². The molecule has 1 N–H and O–H groups in total. The van der Waals surface area contributed by atoms with Crippen molar-refractivity contribution in [2.75, 3.05) is 6.26 Å². The van der Waals surface area contributed by atoms with Gasteiger partial charge in [0.25, 0.3) is 0 Å². The monoisotopic (exact) mass is 375 g/mol. The van der Waals surface area contributed by atoms with Crippen LogP contribution >= 0.6 is 11.6 Å². The summed E-state index contributed by atoms with van der Waals surface area (Å²) in [5.74, 6) is -1.39. The molecule has 2 aromatic carbocycles. The van der Waals surface area contributed by atoms with E-state index in [0.717, 1.165) is 6.26 Å². The number of nitrogens with one attached hydrogen (secondary N) is 1. The van der Waals surface area contributed by atoms with E-state index in [1.807, 2.05) is 0 Å². The summed E-state index contributed by atoms with van der Waals surface area (Å²) in [4.78, 5) is 11.6. The molecule has 0 aliphatic rings. The zero-order chi connectivity index (χ0) is 18.2. The molecule has 1 heterocycles. The molecule has 1 aromatic heterocycles. The number of halogens is 1. The van der Waals surface area contributed by atoms with Crippen LogP contribution < -0.4 is 5.11 Å². The fourth-order valence-corrected chi connectivity index (χ4v) is 3.21. The van der Waals surface area contributed by atoms with Crippen LogP contribution in [0.15, 0.2) is 53.4 Å². The van der Waals surface area contributed by atoms with Gasteiger partial charge in [-0.25, -0.2) is 8.42 Å². The van der Waals surface area contributed by atoms with Gasteiger partial charge in [-0.3, -0.25) is 5.10 Å². The van der Waals surface area contributed by atoms with Crippen molar-refractivity contribution < 1.29 is 18.3 Å². The summed E-state index contributed by atoms with van der Waals surface area (Å²) < 4.78 is 23.1. The van der Waals surface area contributed by atoms with Gasteiger partial charge in [-0.05, 0) is 29.8 Å². The molecule has 0 spiro atoms. The Labute approximate surface area is 149 Å². The molecule has 3 rings (SSSR count). The standard InChI is InChI=1S/C17H13ClN2O4S/c1-25(23,24)13-8-4-11(5-9-13)15-14(16(17(21)22)20-19-15)10-2-6-12(18)7-3-10/h2-9H,1H3,(H,19,20)(H,21,22)/p-1. The van der Waals surface area contributed by atoms with E-state index >= 15 is 0 Å². The van der Waals surface area contributed by atoms with Crippen LogP contribution in [0.3, 0.4) is 0 Å². The number of sulfone groups is 1. The second kappa shape index (κ2) is 6.34. The lowest BCUT2D eigenvalue weighted by Gasteiger charge is -2.08. The Morgan fingerprint density at radius 1 is 1.04 bits per heavy atom. The summed E-state index contributed by atoms with van der Waals surface area (Å²) in [7, 11) is -3.32. The Balaban J connectivity index is 2.17. The summed E-state index contributed by atoms with van der Waals surface area (Å²) >= 11 is 5.88. The minimum Gasteiger partial charge on any atom is -0.543 e. The molecule has 0 amide bonds. The minimum atomic E-state index is -3.32. The normalized spacial score (nSPS) is 11.4. The first-order valence-corrected chi connectivity index (χ1v) is 9.40. The van der Waals surface area contributed by atoms with E-state index < -0.39 is 15.8 Å². The molecule has 128 valence electrons.